The third-order valence-electron chi connectivity index (χ3n) is 4.32. The number of aliphatic carboxylic acids is 1. The summed E-state index contributed by atoms with van der Waals surface area (Å²) >= 11 is 0. The van der Waals surface area contributed by atoms with E-state index in [1.807, 2.05) is 0 Å². The van der Waals surface area contributed by atoms with Gasteiger partial charge in [-0.2, -0.15) is 13.2 Å². The summed E-state index contributed by atoms with van der Waals surface area (Å²) in [6, 6.07) is 4.81. The smallest absolute Gasteiger partial charge is 0.416 e. The first-order valence-corrected chi connectivity index (χ1v) is 7.38. The molecule has 1 aliphatic carbocycles. The number of hydrogen-bond donors (Lipinski definition) is 2. The van der Waals surface area contributed by atoms with Crippen LogP contribution in [0.4, 0.5) is 13.2 Å². The van der Waals surface area contributed by atoms with E-state index in [2.05, 4.69) is 5.32 Å². The molecule has 7 heteroatoms. The van der Waals surface area contributed by atoms with Gasteiger partial charge in [0.25, 0.3) is 0 Å². The van der Waals surface area contributed by atoms with Crippen molar-refractivity contribution in [3.8, 4) is 0 Å². The first-order chi connectivity index (χ1) is 10.7. The summed E-state index contributed by atoms with van der Waals surface area (Å²) in [4.78, 5) is 22.8. The van der Waals surface area contributed by atoms with Gasteiger partial charge >= 0.3 is 12.1 Å². The minimum absolute atomic E-state index is 0.162. The minimum atomic E-state index is -4.37. The Balaban J connectivity index is 1.88. The summed E-state index contributed by atoms with van der Waals surface area (Å²) in [5.74, 6) is -2.57. The van der Waals surface area contributed by atoms with Crippen molar-refractivity contribution in [2.45, 2.75) is 31.9 Å². The Kier molecular flexibility index (Phi) is 4.97. The van der Waals surface area contributed by atoms with Crippen LogP contribution in [0.25, 0.3) is 0 Å². The molecule has 1 amide bonds. The molecule has 1 saturated carbocycles. The molecule has 0 spiro atoms. The predicted molar refractivity (Wildman–Crippen MR) is 76.7 cm³/mol. The van der Waals surface area contributed by atoms with Crippen LogP contribution in [0, 0.1) is 11.8 Å². The SMILES string of the molecule is CC(CNC(=O)C1CCC1C(=O)O)c1ccc(C(F)(F)F)cc1. The van der Waals surface area contributed by atoms with Gasteiger partial charge in [-0.25, -0.2) is 0 Å². The van der Waals surface area contributed by atoms with E-state index in [9.17, 15) is 22.8 Å². The highest BCUT2D eigenvalue weighted by Crippen LogP contribution is 2.34. The second kappa shape index (κ2) is 6.60. The Hall–Kier alpha value is -2.05. The van der Waals surface area contributed by atoms with Gasteiger partial charge < -0.3 is 10.4 Å². The Bertz CT molecular complexity index is 583. The summed E-state index contributed by atoms with van der Waals surface area (Å²) in [7, 11) is 0. The highest BCUT2D eigenvalue weighted by Gasteiger charge is 2.41. The molecule has 2 rings (SSSR count). The van der Waals surface area contributed by atoms with Gasteiger partial charge in [0.2, 0.25) is 5.91 Å². The normalized spacial score (nSPS) is 22.1. The molecule has 0 radical (unpaired) electrons. The fourth-order valence-electron chi connectivity index (χ4n) is 2.61. The van der Waals surface area contributed by atoms with Crippen LogP contribution in [0.5, 0.6) is 0 Å². The van der Waals surface area contributed by atoms with Crippen LogP contribution in [-0.2, 0) is 15.8 Å². The molecule has 1 aliphatic rings. The maximum Gasteiger partial charge on any atom is 0.416 e. The van der Waals surface area contributed by atoms with Gasteiger partial charge in [0, 0.05) is 6.54 Å². The van der Waals surface area contributed by atoms with Crippen molar-refractivity contribution in [3.63, 3.8) is 0 Å². The van der Waals surface area contributed by atoms with Crippen molar-refractivity contribution >= 4 is 11.9 Å². The van der Waals surface area contributed by atoms with Crippen molar-refractivity contribution in [2.75, 3.05) is 6.54 Å². The maximum atomic E-state index is 12.5. The lowest BCUT2D eigenvalue weighted by Crippen LogP contribution is -2.44. The van der Waals surface area contributed by atoms with Crippen molar-refractivity contribution in [1.82, 2.24) is 5.32 Å². The van der Waals surface area contributed by atoms with Gasteiger partial charge in [0.15, 0.2) is 0 Å². The van der Waals surface area contributed by atoms with Crippen molar-refractivity contribution in [1.29, 1.82) is 0 Å². The average Bonchev–Trinajstić information content (AvgIpc) is 2.42. The van der Waals surface area contributed by atoms with E-state index in [0.717, 1.165) is 12.1 Å². The number of carboxylic acids is 1. The van der Waals surface area contributed by atoms with Crippen LogP contribution < -0.4 is 5.32 Å². The van der Waals surface area contributed by atoms with Gasteiger partial charge in [0.05, 0.1) is 17.4 Å². The molecule has 0 aromatic heterocycles. The molecule has 1 aromatic carbocycles. The maximum absolute atomic E-state index is 12.5. The minimum Gasteiger partial charge on any atom is -0.481 e. The zero-order valence-electron chi connectivity index (χ0n) is 12.6. The number of benzene rings is 1. The van der Waals surface area contributed by atoms with E-state index in [0.29, 0.717) is 18.4 Å². The molecule has 0 aliphatic heterocycles. The van der Waals surface area contributed by atoms with Crippen LogP contribution >= 0.6 is 0 Å². The summed E-state index contributed by atoms with van der Waals surface area (Å²) in [6.07, 6.45) is -3.31. The van der Waals surface area contributed by atoms with Gasteiger partial charge in [0.1, 0.15) is 0 Å². The number of carbonyl (C=O) groups is 2. The van der Waals surface area contributed by atoms with E-state index in [-0.39, 0.29) is 18.4 Å². The van der Waals surface area contributed by atoms with Gasteiger partial charge in [-0.3, -0.25) is 9.59 Å². The Morgan fingerprint density at radius 2 is 1.78 bits per heavy atom. The van der Waals surface area contributed by atoms with E-state index < -0.39 is 29.5 Å². The number of amides is 1. The molecule has 3 unspecified atom stereocenters. The monoisotopic (exact) mass is 329 g/mol. The Labute approximate surface area is 131 Å². The zero-order valence-corrected chi connectivity index (χ0v) is 12.6. The van der Waals surface area contributed by atoms with Crippen molar-refractivity contribution in [2.24, 2.45) is 11.8 Å². The molecule has 1 aromatic rings. The van der Waals surface area contributed by atoms with E-state index in [1.165, 1.54) is 12.1 Å². The molecule has 2 N–H and O–H groups in total. The van der Waals surface area contributed by atoms with Crippen LogP contribution in [0.3, 0.4) is 0 Å². The number of nitrogens with one attached hydrogen (secondary N) is 1. The lowest BCUT2D eigenvalue weighted by molar-refractivity contribution is -0.152. The standard InChI is InChI=1S/C16H18F3NO3/c1-9(10-2-4-11(5-3-10)16(17,18)19)8-20-14(21)12-6-7-13(12)15(22)23/h2-5,9,12-13H,6-8H2,1H3,(H,20,21)(H,22,23). The number of carbonyl (C=O) groups excluding carboxylic acids is 1. The largest absolute Gasteiger partial charge is 0.481 e. The van der Waals surface area contributed by atoms with E-state index >= 15 is 0 Å². The lowest BCUT2D eigenvalue weighted by Gasteiger charge is -2.32. The van der Waals surface area contributed by atoms with Gasteiger partial charge in [-0.05, 0) is 36.5 Å². The Morgan fingerprint density at radius 3 is 2.22 bits per heavy atom. The molecule has 0 heterocycles. The summed E-state index contributed by atoms with van der Waals surface area (Å²) in [5.41, 5.74) is -0.0297. The third kappa shape index (κ3) is 4.03. The average molecular weight is 329 g/mol. The second-order valence-electron chi connectivity index (χ2n) is 5.89. The van der Waals surface area contributed by atoms with E-state index in [1.54, 1.807) is 6.92 Å². The highest BCUT2D eigenvalue weighted by atomic mass is 19.4. The molecule has 4 nitrogen and oxygen atoms in total. The summed E-state index contributed by atoms with van der Waals surface area (Å²) in [5, 5.41) is 11.6. The molecule has 0 bridgehead atoms. The molecule has 1 fully saturated rings. The molecule has 3 atom stereocenters. The molecular weight excluding hydrogens is 311 g/mol. The number of alkyl halides is 3. The first kappa shape index (κ1) is 17.3. The predicted octanol–water partition coefficient (Wildman–Crippen LogP) is 3.04. The first-order valence-electron chi connectivity index (χ1n) is 7.38. The lowest BCUT2D eigenvalue weighted by atomic mass is 9.73. The third-order valence-corrected chi connectivity index (χ3v) is 4.32. The molecule has 0 saturated heterocycles. The van der Waals surface area contributed by atoms with Crippen LogP contribution in [-0.4, -0.2) is 23.5 Å². The molecular formula is C16H18F3NO3. The van der Waals surface area contributed by atoms with E-state index in [4.69, 9.17) is 5.11 Å². The van der Waals surface area contributed by atoms with Crippen molar-refractivity contribution < 1.29 is 27.9 Å². The number of rotatable bonds is 5. The topological polar surface area (TPSA) is 66.4 Å². The summed E-state index contributed by atoms with van der Waals surface area (Å²) < 4.78 is 37.5. The number of carboxylic acid groups (broad SMARTS) is 1. The van der Waals surface area contributed by atoms with Gasteiger partial charge in [-0.1, -0.05) is 19.1 Å². The zero-order chi connectivity index (χ0) is 17.2. The second-order valence-corrected chi connectivity index (χ2v) is 5.89. The van der Waals surface area contributed by atoms with Crippen molar-refractivity contribution in [3.05, 3.63) is 35.4 Å². The van der Waals surface area contributed by atoms with Crippen LogP contribution in [0.2, 0.25) is 0 Å². The highest BCUT2D eigenvalue weighted by molar-refractivity contribution is 5.86. The molecule has 23 heavy (non-hydrogen) atoms. The Morgan fingerprint density at radius 1 is 1.22 bits per heavy atom. The van der Waals surface area contributed by atoms with Crippen LogP contribution in [0.1, 0.15) is 36.8 Å². The van der Waals surface area contributed by atoms with Gasteiger partial charge in [-0.15, -0.1) is 0 Å². The summed E-state index contributed by atoms with van der Waals surface area (Å²) in [6.45, 7) is 2.05. The number of hydrogen-bond acceptors (Lipinski definition) is 2. The fourth-order valence-corrected chi connectivity index (χ4v) is 2.61. The van der Waals surface area contributed by atoms with Crippen LogP contribution in [0.15, 0.2) is 24.3 Å². The quantitative estimate of drug-likeness (QED) is 0.872. The number of halogens is 3. The molecule has 126 valence electrons. The fraction of sp³-hybridized carbons (Fsp3) is 0.500.